The summed E-state index contributed by atoms with van der Waals surface area (Å²) >= 11 is 0. The maximum Gasteiger partial charge on any atom is 0.00747 e. The molecule has 18 heavy (non-hydrogen) atoms. The second kappa shape index (κ2) is 6.41. The third-order valence-electron chi connectivity index (χ3n) is 5.22. The fraction of sp³-hybridized carbons (Fsp3) is 1.00. The van der Waals surface area contributed by atoms with Crippen molar-refractivity contribution in [1.29, 1.82) is 0 Å². The fourth-order valence-electron chi connectivity index (χ4n) is 4.20. The van der Waals surface area contributed by atoms with Crippen molar-refractivity contribution >= 4 is 0 Å². The van der Waals surface area contributed by atoms with E-state index in [0.717, 1.165) is 18.0 Å². The quantitative estimate of drug-likeness (QED) is 0.749. The Labute approximate surface area is 114 Å². The number of rotatable bonds is 4. The van der Waals surface area contributed by atoms with Gasteiger partial charge in [-0.05, 0) is 56.3 Å². The normalized spacial score (nSPS) is 36.5. The van der Waals surface area contributed by atoms with Crippen molar-refractivity contribution in [2.45, 2.75) is 97.1 Å². The van der Waals surface area contributed by atoms with Crippen molar-refractivity contribution in [3.05, 3.63) is 0 Å². The monoisotopic (exact) mass is 251 g/mol. The van der Waals surface area contributed by atoms with Gasteiger partial charge in [-0.15, -0.1) is 0 Å². The second-order valence-corrected chi connectivity index (χ2v) is 7.63. The van der Waals surface area contributed by atoms with Gasteiger partial charge in [0, 0.05) is 12.1 Å². The van der Waals surface area contributed by atoms with Gasteiger partial charge in [-0.1, -0.05) is 40.0 Å². The molecule has 2 fully saturated rings. The van der Waals surface area contributed by atoms with Crippen LogP contribution in [0.1, 0.15) is 85.0 Å². The molecule has 2 aliphatic rings. The van der Waals surface area contributed by atoms with E-state index in [0.29, 0.717) is 5.41 Å². The lowest BCUT2D eigenvalue weighted by atomic mass is 9.74. The summed E-state index contributed by atoms with van der Waals surface area (Å²) in [5.41, 5.74) is 0.579. The van der Waals surface area contributed by atoms with Crippen LogP contribution in [0.25, 0.3) is 0 Å². The molecule has 0 aromatic carbocycles. The molecular weight excluding hydrogens is 218 g/mol. The number of hydrogen-bond donors (Lipinski definition) is 1. The summed E-state index contributed by atoms with van der Waals surface area (Å²) in [5, 5.41) is 3.98. The predicted octanol–water partition coefficient (Wildman–Crippen LogP) is 4.90. The molecule has 106 valence electrons. The first-order valence-electron chi connectivity index (χ1n) is 8.35. The Morgan fingerprint density at radius 2 is 1.72 bits per heavy atom. The Balaban J connectivity index is 1.71. The summed E-state index contributed by atoms with van der Waals surface area (Å²) in [6, 6.07) is 1.64. The molecular formula is C17H33N. The van der Waals surface area contributed by atoms with Gasteiger partial charge in [0.05, 0.1) is 0 Å². The van der Waals surface area contributed by atoms with Crippen LogP contribution < -0.4 is 5.32 Å². The summed E-state index contributed by atoms with van der Waals surface area (Å²) in [6.45, 7) is 7.21. The highest BCUT2D eigenvalue weighted by Gasteiger charge is 2.30. The largest absolute Gasteiger partial charge is 0.311 e. The molecule has 1 unspecified atom stereocenters. The van der Waals surface area contributed by atoms with Gasteiger partial charge in [-0.3, -0.25) is 0 Å². The van der Waals surface area contributed by atoms with E-state index in [9.17, 15) is 0 Å². The third-order valence-corrected chi connectivity index (χ3v) is 5.22. The van der Waals surface area contributed by atoms with E-state index >= 15 is 0 Å². The molecule has 0 radical (unpaired) electrons. The Bertz CT molecular complexity index is 238. The van der Waals surface area contributed by atoms with Crippen molar-refractivity contribution in [1.82, 2.24) is 5.32 Å². The summed E-state index contributed by atoms with van der Waals surface area (Å²) in [7, 11) is 0. The molecule has 1 heteroatoms. The molecule has 0 aromatic heterocycles. The van der Waals surface area contributed by atoms with Gasteiger partial charge < -0.3 is 5.32 Å². The molecule has 1 N–H and O–H groups in total. The summed E-state index contributed by atoms with van der Waals surface area (Å²) in [6.07, 6.45) is 14.3. The second-order valence-electron chi connectivity index (χ2n) is 7.63. The molecule has 2 saturated carbocycles. The van der Waals surface area contributed by atoms with Gasteiger partial charge in [0.2, 0.25) is 0 Å². The van der Waals surface area contributed by atoms with Crippen LogP contribution in [0.4, 0.5) is 0 Å². The zero-order valence-electron chi connectivity index (χ0n) is 12.8. The van der Waals surface area contributed by atoms with Crippen LogP contribution >= 0.6 is 0 Å². The van der Waals surface area contributed by atoms with Crippen LogP contribution in [0.2, 0.25) is 0 Å². The highest BCUT2D eigenvalue weighted by Crippen LogP contribution is 2.36. The molecule has 0 heterocycles. The first-order chi connectivity index (χ1) is 8.59. The molecule has 0 saturated heterocycles. The smallest absolute Gasteiger partial charge is 0.00747 e. The molecule has 2 aliphatic carbocycles. The van der Waals surface area contributed by atoms with E-state index in [1.807, 2.05) is 0 Å². The minimum Gasteiger partial charge on any atom is -0.311 e. The van der Waals surface area contributed by atoms with Crippen molar-refractivity contribution in [2.24, 2.45) is 11.3 Å². The molecule has 0 aromatic rings. The molecule has 0 amide bonds. The molecule has 1 atom stereocenters. The first kappa shape index (κ1) is 14.4. The lowest BCUT2D eigenvalue weighted by Crippen LogP contribution is -2.44. The SMILES string of the molecule is CCCC1CCC(NC2CCCC(C)(C)C2)CC1. The van der Waals surface area contributed by atoms with Crippen molar-refractivity contribution in [3.8, 4) is 0 Å². The minimum absolute atomic E-state index is 0.579. The lowest BCUT2D eigenvalue weighted by molar-refractivity contribution is 0.172. The van der Waals surface area contributed by atoms with Crippen LogP contribution in [0.3, 0.4) is 0 Å². The standard InChI is InChI=1S/C17H33N/c1-4-6-14-8-10-15(11-9-14)18-16-7-5-12-17(2,3)13-16/h14-16,18H,4-13H2,1-3H3. The van der Waals surface area contributed by atoms with Crippen molar-refractivity contribution in [3.63, 3.8) is 0 Å². The molecule has 2 rings (SSSR count). The Hall–Kier alpha value is -0.0400. The number of nitrogens with one attached hydrogen (secondary N) is 1. The zero-order valence-corrected chi connectivity index (χ0v) is 12.8. The molecule has 0 bridgehead atoms. The van der Waals surface area contributed by atoms with Crippen molar-refractivity contribution in [2.75, 3.05) is 0 Å². The highest BCUT2D eigenvalue weighted by molar-refractivity contribution is 4.87. The van der Waals surface area contributed by atoms with Gasteiger partial charge in [0.15, 0.2) is 0 Å². The van der Waals surface area contributed by atoms with Gasteiger partial charge in [-0.2, -0.15) is 0 Å². The van der Waals surface area contributed by atoms with E-state index in [1.165, 1.54) is 64.2 Å². The molecule has 0 spiro atoms. The summed E-state index contributed by atoms with van der Waals surface area (Å²) in [5.74, 6) is 1.04. The lowest BCUT2D eigenvalue weighted by Gasteiger charge is -2.39. The van der Waals surface area contributed by atoms with E-state index in [1.54, 1.807) is 0 Å². The third kappa shape index (κ3) is 4.26. The Morgan fingerprint density at radius 3 is 2.33 bits per heavy atom. The van der Waals surface area contributed by atoms with Crippen LogP contribution in [0, 0.1) is 11.3 Å². The van der Waals surface area contributed by atoms with Gasteiger partial charge in [0.1, 0.15) is 0 Å². The molecule has 0 aliphatic heterocycles. The van der Waals surface area contributed by atoms with E-state index < -0.39 is 0 Å². The van der Waals surface area contributed by atoms with Gasteiger partial charge >= 0.3 is 0 Å². The van der Waals surface area contributed by atoms with Crippen LogP contribution in [0.15, 0.2) is 0 Å². The maximum absolute atomic E-state index is 3.98. The maximum atomic E-state index is 3.98. The van der Waals surface area contributed by atoms with Crippen molar-refractivity contribution < 1.29 is 0 Å². The van der Waals surface area contributed by atoms with E-state index in [-0.39, 0.29) is 0 Å². The average molecular weight is 251 g/mol. The van der Waals surface area contributed by atoms with E-state index in [2.05, 4.69) is 26.1 Å². The van der Waals surface area contributed by atoms with Gasteiger partial charge in [-0.25, -0.2) is 0 Å². The fourth-order valence-corrected chi connectivity index (χ4v) is 4.20. The first-order valence-corrected chi connectivity index (χ1v) is 8.35. The van der Waals surface area contributed by atoms with Crippen LogP contribution in [-0.4, -0.2) is 12.1 Å². The summed E-state index contributed by atoms with van der Waals surface area (Å²) < 4.78 is 0. The van der Waals surface area contributed by atoms with Crippen LogP contribution in [0.5, 0.6) is 0 Å². The Kier molecular flexibility index (Phi) is 5.12. The minimum atomic E-state index is 0.579. The topological polar surface area (TPSA) is 12.0 Å². The van der Waals surface area contributed by atoms with Crippen LogP contribution in [-0.2, 0) is 0 Å². The highest BCUT2D eigenvalue weighted by atomic mass is 15.0. The zero-order chi connectivity index (χ0) is 13.0. The summed E-state index contributed by atoms with van der Waals surface area (Å²) in [4.78, 5) is 0. The number of hydrogen-bond acceptors (Lipinski definition) is 1. The molecule has 1 nitrogen and oxygen atoms in total. The predicted molar refractivity (Wildman–Crippen MR) is 79.8 cm³/mol. The van der Waals surface area contributed by atoms with Gasteiger partial charge in [0.25, 0.3) is 0 Å². The van der Waals surface area contributed by atoms with E-state index in [4.69, 9.17) is 0 Å². The average Bonchev–Trinajstić information content (AvgIpc) is 2.31. The Morgan fingerprint density at radius 1 is 1.00 bits per heavy atom.